The van der Waals surface area contributed by atoms with Crippen LogP contribution in [0.25, 0.3) is 0 Å². The van der Waals surface area contributed by atoms with E-state index in [4.69, 9.17) is 5.73 Å². The lowest BCUT2D eigenvalue weighted by Gasteiger charge is -2.30. The molecule has 4 heteroatoms. The summed E-state index contributed by atoms with van der Waals surface area (Å²) in [5.41, 5.74) is 7.01. The zero-order chi connectivity index (χ0) is 14.0. The van der Waals surface area contributed by atoms with Crippen molar-refractivity contribution in [2.24, 2.45) is 11.1 Å². The van der Waals surface area contributed by atoms with Gasteiger partial charge in [0.15, 0.2) is 0 Å². The summed E-state index contributed by atoms with van der Waals surface area (Å²) in [6, 6.07) is 7.88. The average Bonchev–Trinajstić information content (AvgIpc) is 2.37. The van der Waals surface area contributed by atoms with Gasteiger partial charge in [-0.15, -0.1) is 11.8 Å². The third kappa shape index (κ3) is 3.31. The quantitative estimate of drug-likeness (QED) is 0.874. The van der Waals surface area contributed by atoms with Crippen LogP contribution in [-0.4, -0.2) is 17.7 Å². The van der Waals surface area contributed by atoms with Crippen LogP contribution in [0.15, 0.2) is 29.2 Å². The van der Waals surface area contributed by atoms with Crippen molar-refractivity contribution >= 4 is 17.7 Å². The summed E-state index contributed by atoms with van der Waals surface area (Å²) in [4.78, 5) is 13.5. The van der Waals surface area contributed by atoms with Gasteiger partial charge in [0, 0.05) is 10.6 Å². The Labute approximate surface area is 119 Å². The summed E-state index contributed by atoms with van der Waals surface area (Å²) in [7, 11) is 0. The summed E-state index contributed by atoms with van der Waals surface area (Å²) in [5.74, 6) is 0.978. The molecular weight excluding hydrogens is 256 g/mol. The first-order chi connectivity index (χ1) is 8.89. The molecule has 0 saturated carbocycles. The Balaban J connectivity index is 2.11. The SMILES string of the molecule is CC(C)(C)[C@H](N)C(=O)NC1CCSc2ccccc21. The largest absolute Gasteiger partial charge is 0.348 e. The highest BCUT2D eigenvalue weighted by molar-refractivity contribution is 7.99. The lowest BCUT2D eigenvalue weighted by Crippen LogP contribution is -2.49. The predicted octanol–water partition coefficient (Wildman–Crippen LogP) is 2.71. The van der Waals surface area contributed by atoms with Crippen LogP contribution in [0, 0.1) is 5.41 Å². The second-order valence-corrected chi connectivity index (χ2v) is 7.22. The Morgan fingerprint density at radius 1 is 1.42 bits per heavy atom. The van der Waals surface area contributed by atoms with E-state index in [1.807, 2.05) is 44.7 Å². The topological polar surface area (TPSA) is 55.1 Å². The van der Waals surface area contributed by atoms with Crippen LogP contribution in [-0.2, 0) is 4.79 Å². The van der Waals surface area contributed by atoms with Crippen LogP contribution in [0.1, 0.15) is 38.8 Å². The Morgan fingerprint density at radius 2 is 2.11 bits per heavy atom. The molecule has 0 fully saturated rings. The number of carbonyl (C=O) groups excluding carboxylic acids is 1. The minimum Gasteiger partial charge on any atom is -0.348 e. The van der Waals surface area contributed by atoms with Gasteiger partial charge in [-0.25, -0.2) is 0 Å². The molecule has 0 bridgehead atoms. The van der Waals surface area contributed by atoms with Gasteiger partial charge in [-0.1, -0.05) is 39.0 Å². The number of nitrogens with two attached hydrogens (primary N) is 1. The van der Waals surface area contributed by atoms with Crippen molar-refractivity contribution in [2.75, 3.05) is 5.75 Å². The summed E-state index contributed by atoms with van der Waals surface area (Å²) in [6.45, 7) is 5.96. The molecule has 0 aliphatic carbocycles. The summed E-state index contributed by atoms with van der Waals surface area (Å²) < 4.78 is 0. The number of hydrogen-bond donors (Lipinski definition) is 2. The van der Waals surface area contributed by atoms with Crippen LogP contribution in [0.3, 0.4) is 0 Å². The number of fused-ring (bicyclic) bond motifs is 1. The fourth-order valence-electron chi connectivity index (χ4n) is 2.15. The molecule has 1 aliphatic rings. The summed E-state index contributed by atoms with van der Waals surface area (Å²) in [6.07, 6.45) is 0.963. The maximum atomic E-state index is 12.2. The lowest BCUT2D eigenvalue weighted by atomic mass is 9.86. The normalized spacial score (nSPS) is 20.5. The average molecular weight is 278 g/mol. The second-order valence-electron chi connectivity index (χ2n) is 6.08. The number of nitrogens with one attached hydrogen (secondary N) is 1. The van der Waals surface area contributed by atoms with Crippen LogP contribution >= 0.6 is 11.8 Å². The van der Waals surface area contributed by atoms with E-state index in [0.29, 0.717) is 0 Å². The molecule has 1 aromatic rings. The highest BCUT2D eigenvalue weighted by atomic mass is 32.2. The molecule has 2 atom stereocenters. The van der Waals surface area contributed by atoms with Gasteiger partial charge in [0.25, 0.3) is 0 Å². The van der Waals surface area contributed by atoms with Crippen molar-refractivity contribution in [3.8, 4) is 0 Å². The van der Waals surface area contributed by atoms with E-state index in [-0.39, 0.29) is 17.4 Å². The first-order valence-electron chi connectivity index (χ1n) is 6.67. The Bertz CT molecular complexity index is 467. The summed E-state index contributed by atoms with van der Waals surface area (Å²) >= 11 is 1.85. The second kappa shape index (κ2) is 5.55. The maximum Gasteiger partial charge on any atom is 0.237 e. The molecule has 3 N–H and O–H groups in total. The van der Waals surface area contributed by atoms with Crippen molar-refractivity contribution in [1.82, 2.24) is 5.32 Å². The third-order valence-corrected chi connectivity index (χ3v) is 4.61. The van der Waals surface area contributed by atoms with Gasteiger partial charge in [-0.2, -0.15) is 0 Å². The first kappa shape index (κ1) is 14.4. The minimum atomic E-state index is -0.478. The molecule has 0 radical (unpaired) electrons. The Morgan fingerprint density at radius 3 is 2.79 bits per heavy atom. The molecule has 104 valence electrons. The molecule has 0 aromatic heterocycles. The van der Waals surface area contributed by atoms with Gasteiger partial charge in [-0.3, -0.25) is 4.79 Å². The summed E-state index contributed by atoms with van der Waals surface area (Å²) in [5, 5.41) is 3.10. The number of thioether (sulfide) groups is 1. The number of rotatable bonds is 2. The molecule has 1 amide bonds. The van der Waals surface area contributed by atoms with E-state index in [0.717, 1.165) is 12.2 Å². The van der Waals surface area contributed by atoms with Crippen molar-refractivity contribution in [2.45, 2.75) is 44.2 Å². The zero-order valence-corrected chi connectivity index (χ0v) is 12.6. The molecule has 1 heterocycles. The van der Waals surface area contributed by atoms with Crippen LogP contribution < -0.4 is 11.1 Å². The fraction of sp³-hybridized carbons (Fsp3) is 0.533. The zero-order valence-electron chi connectivity index (χ0n) is 11.8. The molecular formula is C15H22N2OS. The Hall–Kier alpha value is -1.00. The first-order valence-corrected chi connectivity index (χ1v) is 7.66. The number of carbonyl (C=O) groups is 1. The molecule has 1 unspecified atom stereocenters. The van der Waals surface area contributed by atoms with E-state index >= 15 is 0 Å². The highest BCUT2D eigenvalue weighted by Gasteiger charge is 2.30. The van der Waals surface area contributed by atoms with E-state index in [2.05, 4.69) is 17.4 Å². The number of benzene rings is 1. The van der Waals surface area contributed by atoms with Crippen LogP contribution in [0.4, 0.5) is 0 Å². The van der Waals surface area contributed by atoms with E-state index < -0.39 is 6.04 Å². The molecule has 0 spiro atoms. The van der Waals surface area contributed by atoms with Gasteiger partial charge in [0.05, 0.1) is 12.1 Å². The predicted molar refractivity (Wildman–Crippen MR) is 80.1 cm³/mol. The van der Waals surface area contributed by atoms with E-state index in [9.17, 15) is 4.79 Å². The van der Waals surface area contributed by atoms with Gasteiger partial charge < -0.3 is 11.1 Å². The molecule has 2 rings (SSSR count). The molecule has 1 aromatic carbocycles. The molecule has 0 saturated heterocycles. The number of hydrogen-bond acceptors (Lipinski definition) is 3. The van der Waals surface area contributed by atoms with Crippen molar-refractivity contribution < 1.29 is 4.79 Å². The van der Waals surface area contributed by atoms with Crippen molar-refractivity contribution in [3.05, 3.63) is 29.8 Å². The lowest BCUT2D eigenvalue weighted by molar-refractivity contribution is -0.125. The van der Waals surface area contributed by atoms with Gasteiger partial charge in [0.1, 0.15) is 0 Å². The van der Waals surface area contributed by atoms with E-state index in [1.54, 1.807) is 0 Å². The van der Waals surface area contributed by atoms with Gasteiger partial charge in [0.2, 0.25) is 5.91 Å². The van der Waals surface area contributed by atoms with Crippen molar-refractivity contribution in [3.63, 3.8) is 0 Å². The molecule has 1 aliphatic heterocycles. The Kier molecular flexibility index (Phi) is 4.21. The van der Waals surface area contributed by atoms with E-state index in [1.165, 1.54) is 10.5 Å². The maximum absolute atomic E-state index is 12.2. The third-order valence-electron chi connectivity index (χ3n) is 3.49. The molecule has 19 heavy (non-hydrogen) atoms. The number of amides is 1. The smallest absolute Gasteiger partial charge is 0.237 e. The highest BCUT2D eigenvalue weighted by Crippen LogP contribution is 2.36. The van der Waals surface area contributed by atoms with Gasteiger partial charge in [-0.05, 0) is 23.5 Å². The van der Waals surface area contributed by atoms with Crippen molar-refractivity contribution in [1.29, 1.82) is 0 Å². The monoisotopic (exact) mass is 278 g/mol. The molecule has 3 nitrogen and oxygen atoms in total. The standard InChI is InChI=1S/C15H22N2OS/c1-15(2,3)13(16)14(18)17-11-8-9-19-12-7-5-4-6-10(11)12/h4-7,11,13H,8-9,16H2,1-3H3,(H,17,18)/t11?,13-/m1/s1. The van der Waals surface area contributed by atoms with Crippen LogP contribution in [0.2, 0.25) is 0 Å². The minimum absolute atomic E-state index is 0.0563. The fourth-order valence-corrected chi connectivity index (χ4v) is 3.27. The van der Waals surface area contributed by atoms with Crippen LogP contribution in [0.5, 0.6) is 0 Å². The van der Waals surface area contributed by atoms with Gasteiger partial charge >= 0.3 is 0 Å².